The molecule has 0 aliphatic heterocycles. The maximum absolute atomic E-state index is 13.1. The summed E-state index contributed by atoms with van der Waals surface area (Å²) in [4.78, 5) is 15.4. The van der Waals surface area contributed by atoms with Crippen molar-refractivity contribution < 1.29 is 10.2 Å². The van der Waals surface area contributed by atoms with Crippen LogP contribution in [0.25, 0.3) is 20.2 Å². The van der Waals surface area contributed by atoms with Crippen LogP contribution in [0.5, 0.6) is 5.75 Å². The number of phenolic OH excluding ortho intramolecular Hbond substituents is 1. The number of benzene rings is 2. The number of phenols is 1. The van der Waals surface area contributed by atoms with Gasteiger partial charge in [0.2, 0.25) is 0 Å². The van der Waals surface area contributed by atoms with Crippen molar-refractivity contribution in [2.75, 3.05) is 31.5 Å². The average molecular weight is 372 g/mol. The van der Waals surface area contributed by atoms with Gasteiger partial charge >= 0.3 is 0 Å². The Morgan fingerprint density at radius 2 is 1.92 bits per heavy atom. The van der Waals surface area contributed by atoms with Gasteiger partial charge in [-0.2, -0.15) is 0 Å². The fraction of sp³-hybridized carbons (Fsp3) is 0.350. The van der Waals surface area contributed by atoms with Crippen molar-refractivity contribution in [3.8, 4) is 5.75 Å². The molecule has 1 heterocycles. The first-order valence-electron chi connectivity index (χ1n) is 8.87. The molecule has 2 aromatic carbocycles. The first-order chi connectivity index (χ1) is 12.6. The first-order valence-corrected chi connectivity index (χ1v) is 9.69. The van der Waals surface area contributed by atoms with Gasteiger partial charge in [0.1, 0.15) is 5.75 Å². The lowest BCUT2D eigenvalue weighted by Crippen LogP contribution is -2.28. The number of rotatable bonds is 7. The van der Waals surface area contributed by atoms with Gasteiger partial charge in [-0.1, -0.05) is 19.9 Å². The van der Waals surface area contributed by atoms with E-state index < -0.39 is 0 Å². The molecule has 0 saturated carbocycles. The molecule has 1 aromatic heterocycles. The maximum Gasteiger partial charge on any atom is 0.198 e. The molecule has 3 N–H and O–H groups in total. The van der Waals surface area contributed by atoms with Crippen LogP contribution < -0.4 is 10.7 Å². The van der Waals surface area contributed by atoms with Crippen LogP contribution in [-0.4, -0.2) is 41.3 Å². The largest absolute Gasteiger partial charge is 0.508 e. The fourth-order valence-corrected chi connectivity index (χ4v) is 4.34. The molecule has 138 valence electrons. The van der Waals surface area contributed by atoms with E-state index in [1.54, 1.807) is 12.1 Å². The van der Waals surface area contributed by atoms with Gasteiger partial charge < -0.3 is 20.4 Å². The number of aromatic hydroxyl groups is 1. The van der Waals surface area contributed by atoms with E-state index in [-0.39, 0.29) is 17.8 Å². The Morgan fingerprint density at radius 3 is 2.62 bits per heavy atom. The van der Waals surface area contributed by atoms with E-state index in [1.807, 2.05) is 12.1 Å². The third-order valence-corrected chi connectivity index (χ3v) is 5.94. The summed E-state index contributed by atoms with van der Waals surface area (Å²) in [6.45, 7) is 7.74. The third kappa shape index (κ3) is 3.53. The van der Waals surface area contributed by atoms with Gasteiger partial charge in [-0.3, -0.25) is 4.79 Å². The van der Waals surface area contributed by atoms with E-state index in [9.17, 15) is 15.0 Å². The van der Waals surface area contributed by atoms with Crippen molar-refractivity contribution in [3.05, 3.63) is 46.1 Å². The van der Waals surface area contributed by atoms with Crippen molar-refractivity contribution in [2.24, 2.45) is 0 Å². The highest BCUT2D eigenvalue weighted by atomic mass is 32.1. The number of hydrogen-bond acceptors (Lipinski definition) is 6. The quantitative estimate of drug-likeness (QED) is 0.555. The van der Waals surface area contributed by atoms with Crippen molar-refractivity contribution in [2.45, 2.75) is 20.5 Å². The van der Waals surface area contributed by atoms with Gasteiger partial charge in [0.15, 0.2) is 5.43 Å². The summed E-state index contributed by atoms with van der Waals surface area (Å²) < 4.78 is 1.60. The Balaban J connectivity index is 2.10. The normalized spacial score (nSPS) is 11.5. The summed E-state index contributed by atoms with van der Waals surface area (Å²) in [5, 5.41) is 23.9. The highest BCUT2D eigenvalue weighted by Gasteiger charge is 2.14. The maximum atomic E-state index is 13.1. The Morgan fingerprint density at radius 1 is 1.15 bits per heavy atom. The molecule has 0 atom stereocenters. The molecule has 0 spiro atoms. The van der Waals surface area contributed by atoms with Crippen molar-refractivity contribution >= 4 is 37.2 Å². The van der Waals surface area contributed by atoms with Crippen LogP contribution in [0, 0.1) is 0 Å². The summed E-state index contributed by atoms with van der Waals surface area (Å²) in [5.74, 6) is 0.0792. The molecular weight excluding hydrogens is 348 g/mol. The summed E-state index contributed by atoms with van der Waals surface area (Å²) in [6, 6.07) is 8.56. The van der Waals surface area contributed by atoms with Crippen molar-refractivity contribution in [1.82, 2.24) is 4.90 Å². The Kier molecular flexibility index (Phi) is 5.76. The molecule has 0 fully saturated rings. The van der Waals surface area contributed by atoms with Gasteiger partial charge in [-0.15, -0.1) is 11.3 Å². The standard InChI is InChI=1S/C20H24N2O3S/c1-3-22(4-2)10-9-21-16-7-5-13(12-23)20-18(16)19(25)15-11-14(24)6-8-17(15)26-20/h5-8,11,21,23-24H,3-4,9-10,12H2,1-2H3. The fourth-order valence-electron chi connectivity index (χ4n) is 3.16. The Hall–Kier alpha value is -2.15. The highest BCUT2D eigenvalue weighted by molar-refractivity contribution is 7.24. The lowest BCUT2D eigenvalue weighted by molar-refractivity contribution is 0.283. The van der Waals surface area contributed by atoms with Crippen LogP contribution in [-0.2, 0) is 6.61 Å². The van der Waals surface area contributed by atoms with Crippen molar-refractivity contribution in [1.29, 1.82) is 0 Å². The lowest BCUT2D eigenvalue weighted by Gasteiger charge is -2.19. The zero-order chi connectivity index (χ0) is 18.7. The van der Waals surface area contributed by atoms with Gasteiger partial charge in [-0.25, -0.2) is 0 Å². The van der Waals surface area contributed by atoms with E-state index in [4.69, 9.17) is 0 Å². The monoisotopic (exact) mass is 372 g/mol. The first kappa shape index (κ1) is 18.6. The molecular formula is C20H24N2O3S. The van der Waals surface area contributed by atoms with Crippen LogP contribution in [0.15, 0.2) is 35.1 Å². The minimum absolute atomic E-state index is 0.0792. The molecule has 0 radical (unpaired) electrons. The number of nitrogens with one attached hydrogen (secondary N) is 1. The summed E-state index contributed by atoms with van der Waals surface area (Å²) in [6.07, 6.45) is 0. The zero-order valence-electron chi connectivity index (χ0n) is 15.1. The van der Waals surface area contributed by atoms with Crippen LogP contribution in [0.1, 0.15) is 19.4 Å². The Labute approximate surface area is 156 Å². The van der Waals surface area contributed by atoms with E-state index >= 15 is 0 Å². The second kappa shape index (κ2) is 8.03. The van der Waals surface area contributed by atoms with Crippen molar-refractivity contribution in [3.63, 3.8) is 0 Å². The average Bonchev–Trinajstić information content (AvgIpc) is 2.66. The number of likely N-dealkylation sites (N-methyl/N-ethyl adjacent to an activating group) is 1. The number of hydrogen-bond donors (Lipinski definition) is 3. The number of aliphatic hydroxyl groups is 1. The number of anilines is 1. The smallest absolute Gasteiger partial charge is 0.198 e. The van der Waals surface area contributed by atoms with E-state index in [1.165, 1.54) is 17.4 Å². The molecule has 0 aliphatic rings. The molecule has 3 rings (SSSR count). The number of aliphatic hydroxyl groups excluding tert-OH is 1. The minimum atomic E-state index is -0.120. The molecule has 5 nitrogen and oxygen atoms in total. The van der Waals surface area contributed by atoms with E-state index in [2.05, 4.69) is 24.1 Å². The van der Waals surface area contributed by atoms with Crippen LogP contribution in [0.4, 0.5) is 5.69 Å². The third-order valence-electron chi connectivity index (χ3n) is 4.69. The zero-order valence-corrected chi connectivity index (χ0v) is 15.9. The van der Waals surface area contributed by atoms with E-state index in [0.29, 0.717) is 10.8 Å². The van der Waals surface area contributed by atoms with Crippen LogP contribution >= 0.6 is 11.3 Å². The summed E-state index contributed by atoms with van der Waals surface area (Å²) in [5.41, 5.74) is 1.40. The molecule has 0 amide bonds. The number of nitrogens with zero attached hydrogens (tertiary/aromatic N) is 1. The molecule has 0 aliphatic carbocycles. The minimum Gasteiger partial charge on any atom is -0.508 e. The van der Waals surface area contributed by atoms with Gasteiger partial charge in [0.25, 0.3) is 0 Å². The second-order valence-corrected chi connectivity index (χ2v) is 7.25. The molecule has 0 saturated heterocycles. The highest BCUT2D eigenvalue weighted by Crippen LogP contribution is 2.33. The summed E-state index contributed by atoms with van der Waals surface area (Å²) in [7, 11) is 0. The second-order valence-electron chi connectivity index (χ2n) is 6.20. The molecule has 0 bridgehead atoms. The van der Waals surface area contributed by atoms with Gasteiger partial charge in [-0.05, 0) is 42.9 Å². The number of fused-ring (bicyclic) bond motifs is 2. The van der Waals surface area contributed by atoms with Crippen LogP contribution in [0.3, 0.4) is 0 Å². The molecule has 3 aromatic rings. The Bertz CT molecular complexity index is 980. The van der Waals surface area contributed by atoms with Gasteiger partial charge in [0.05, 0.1) is 12.0 Å². The SMILES string of the molecule is CCN(CC)CCNc1ccc(CO)c2sc3ccc(O)cc3c(=O)c12. The molecule has 0 unspecified atom stereocenters. The molecule has 6 heteroatoms. The van der Waals surface area contributed by atoms with Gasteiger partial charge in [0, 0.05) is 33.6 Å². The lowest BCUT2D eigenvalue weighted by atomic mass is 10.1. The van der Waals surface area contributed by atoms with E-state index in [0.717, 1.165) is 46.8 Å². The summed E-state index contributed by atoms with van der Waals surface area (Å²) >= 11 is 1.47. The topological polar surface area (TPSA) is 72.8 Å². The van der Waals surface area contributed by atoms with Crippen LogP contribution in [0.2, 0.25) is 0 Å². The molecule has 26 heavy (non-hydrogen) atoms. The predicted molar refractivity (Wildman–Crippen MR) is 109 cm³/mol. The predicted octanol–water partition coefficient (Wildman–Crippen LogP) is 3.37.